The number of H-pyrrole nitrogens is 1. The molecule has 1 fully saturated rings. The minimum Gasteiger partial charge on any atom is -0.367 e. The molecule has 0 bridgehead atoms. The van der Waals surface area contributed by atoms with Gasteiger partial charge in [0.2, 0.25) is 11.9 Å². The normalized spacial score (nSPS) is 18.5. The minimum atomic E-state index is -0.0829. The van der Waals surface area contributed by atoms with Gasteiger partial charge in [-0.05, 0) is 24.9 Å². The Labute approximate surface area is 128 Å². The molecule has 1 saturated heterocycles. The maximum absolute atomic E-state index is 12.4. The lowest BCUT2D eigenvalue weighted by atomic mass is 10.1. The summed E-state index contributed by atoms with van der Waals surface area (Å²) in [6.45, 7) is 2.06. The summed E-state index contributed by atoms with van der Waals surface area (Å²) in [7, 11) is 0. The quantitative estimate of drug-likeness (QED) is 0.753. The van der Waals surface area contributed by atoms with Gasteiger partial charge >= 0.3 is 0 Å². The Morgan fingerprint density at radius 2 is 2.23 bits per heavy atom. The summed E-state index contributed by atoms with van der Waals surface area (Å²) >= 11 is 0. The lowest BCUT2D eigenvalue weighted by Gasteiger charge is -2.23. The Morgan fingerprint density at radius 1 is 1.41 bits per heavy atom. The number of nitrogens with two attached hydrogens (primary N) is 1. The van der Waals surface area contributed by atoms with E-state index in [-0.39, 0.29) is 17.9 Å². The molecule has 2 aromatic rings. The van der Waals surface area contributed by atoms with Gasteiger partial charge in [0.1, 0.15) is 5.82 Å². The van der Waals surface area contributed by atoms with Crippen molar-refractivity contribution in [3.05, 3.63) is 41.7 Å². The van der Waals surface area contributed by atoms with Crippen LogP contribution in [0.1, 0.15) is 24.2 Å². The van der Waals surface area contributed by atoms with E-state index in [1.54, 1.807) is 0 Å². The third-order valence-electron chi connectivity index (χ3n) is 3.87. The molecule has 1 atom stereocenters. The molecule has 3 rings (SSSR count). The number of likely N-dealkylation sites (tertiary alicyclic amines) is 1. The molecule has 1 amide bonds. The highest BCUT2D eigenvalue weighted by Gasteiger charge is 2.30. The molecule has 0 saturated carbocycles. The number of nitrogens with one attached hydrogen (secondary N) is 2. The van der Waals surface area contributed by atoms with Gasteiger partial charge < -0.3 is 11.1 Å². The highest BCUT2D eigenvalue weighted by molar-refractivity contribution is 5.81. The van der Waals surface area contributed by atoms with Crippen LogP contribution >= 0.6 is 0 Å². The number of benzene rings is 1. The van der Waals surface area contributed by atoms with E-state index in [1.807, 2.05) is 18.2 Å². The number of aromatic amines is 1. The van der Waals surface area contributed by atoms with E-state index < -0.39 is 0 Å². The van der Waals surface area contributed by atoms with Crippen molar-refractivity contribution in [1.82, 2.24) is 25.4 Å². The highest BCUT2D eigenvalue weighted by Crippen LogP contribution is 2.20. The maximum Gasteiger partial charge on any atom is 0.239 e. The van der Waals surface area contributed by atoms with Crippen LogP contribution in [0.25, 0.3) is 0 Å². The predicted molar refractivity (Wildman–Crippen MR) is 82.5 cm³/mol. The van der Waals surface area contributed by atoms with Crippen LogP contribution < -0.4 is 11.1 Å². The van der Waals surface area contributed by atoms with Crippen LogP contribution in [0.5, 0.6) is 0 Å². The standard InChI is InChI=1S/C15H20N6O/c16-15-18-13(19-20-15)9-17-14(22)12-7-4-8-21(12)10-11-5-2-1-3-6-11/h1-3,5-6,12H,4,7-10H2,(H,17,22)(H3,16,18,19,20)/t12-/m0/s1. The SMILES string of the molecule is Nc1n[nH]c(CNC(=O)[C@@H]2CCCN2Cc2ccccc2)n1. The van der Waals surface area contributed by atoms with Crippen molar-refractivity contribution in [2.75, 3.05) is 12.3 Å². The Balaban J connectivity index is 1.56. The fraction of sp³-hybridized carbons (Fsp3) is 0.400. The van der Waals surface area contributed by atoms with Gasteiger partial charge in [0.15, 0.2) is 0 Å². The first kappa shape index (κ1) is 14.5. The molecule has 22 heavy (non-hydrogen) atoms. The zero-order valence-corrected chi connectivity index (χ0v) is 12.3. The zero-order valence-electron chi connectivity index (χ0n) is 12.3. The second-order valence-corrected chi connectivity index (χ2v) is 5.47. The van der Waals surface area contributed by atoms with Gasteiger partial charge in [0.05, 0.1) is 12.6 Å². The first-order chi connectivity index (χ1) is 10.7. The van der Waals surface area contributed by atoms with Crippen molar-refractivity contribution in [1.29, 1.82) is 0 Å². The van der Waals surface area contributed by atoms with Crippen molar-refractivity contribution in [3.8, 4) is 0 Å². The van der Waals surface area contributed by atoms with E-state index in [2.05, 4.69) is 37.5 Å². The zero-order chi connectivity index (χ0) is 15.4. The molecule has 0 unspecified atom stereocenters. The average molecular weight is 300 g/mol. The lowest BCUT2D eigenvalue weighted by Crippen LogP contribution is -2.42. The first-order valence-corrected chi connectivity index (χ1v) is 7.45. The molecule has 7 nitrogen and oxygen atoms in total. The van der Waals surface area contributed by atoms with Crippen LogP contribution in [0.4, 0.5) is 5.95 Å². The summed E-state index contributed by atoms with van der Waals surface area (Å²) in [6, 6.07) is 10.1. The summed E-state index contributed by atoms with van der Waals surface area (Å²) in [5.41, 5.74) is 6.67. The van der Waals surface area contributed by atoms with E-state index in [0.29, 0.717) is 12.4 Å². The van der Waals surface area contributed by atoms with E-state index >= 15 is 0 Å². The van der Waals surface area contributed by atoms with Gasteiger partial charge in [0, 0.05) is 6.54 Å². The van der Waals surface area contributed by atoms with Gasteiger partial charge in [-0.1, -0.05) is 30.3 Å². The van der Waals surface area contributed by atoms with Gasteiger partial charge in [-0.2, -0.15) is 4.98 Å². The summed E-state index contributed by atoms with van der Waals surface area (Å²) in [5, 5.41) is 9.33. The number of carbonyl (C=O) groups excluding carboxylic acids is 1. The third kappa shape index (κ3) is 3.43. The van der Waals surface area contributed by atoms with Gasteiger partial charge in [0.25, 0.3) is 0 Å². The number of aromatic nitrogens is 3. The smallest absolute Gasteiger partial charge is 0.239 e. The number of hydrogen-bond donors (Lipinski definition) is 3. The monoisotopic (exact) mass is 300 g/mol. The van der Waals surface area contributed by atoms with Crippen LogP contribution in [0.3, 0.4) is 0 Å². The molecular weight excluding hydrogens is 280 g/mol. The fourth-order valence-electron chi connectivity index (χ4n) is 2.81. The van der Waals surface area contributed by atoms with Crippen molar-refractivity contribution in [3.63, 3.8) is 0 Å². The molecule has 0 radical (unpaired) electrons. The van der Waals surface area contributed by atoms with Crippen molar-refractivity contribution in [2.24, 2.45) is 0 Å². The van der Waals surface area contributed by atoms with Crippen molar-refractivity contribution >= 4 is 11.9 Å². The van der Waals surface area contributed by atoms with Gasteiger partial charge in [-0.15, -0.1) is 5.10 Å². The Kier molecular flexibility index (Phi) is 4.34. The molecular formula is C15H20N6O. The Hall–Kier alpha value is -2.41. The Morgan fingerprint density at radius 3 is 2.95 bits per heavy atom. The molecule has 4 N–H and O–H groups in total. The maximum atomic E-state index is 12.4. The summed E-state index contributed by atoms with van der Waals surface area (Å²) in [4.78, 5) is 18.6. The molecule has 1 aliphatic rings. The van der Waals surface area contributed by atoms with E-state index in [1.165, 1.54) is 5.56 Å². The molecule has 1 aromatic carbocycles. The molecule has 7 heteroatoms. The van der Waals surface area contributed by atoms with Crippen LogP contribution in [0.15, 0.2) is 30.3 Å². The molecule has 2 heterocycles. The fourth-order valence-corrected chi connectivity index (χ4v) is 2.81. The van der Waals surface area contributed by atoms with Crippen molar-refractivity contribution in [2.45, 2.75) is 32.0 Å². The molecule has 0 spiro atoms. The molecule has 116 valence electrons. The largest absolute Gasteiger partial charge is 0.367 e. The minimum absolute atomic E-state index is 0.0309. The number of anilines is 1. The first-order valence-electron chi connectivity index (χ1n) is 7.45. The second kappa shape index (κ2) is 6.57. The second-order valence-electron chi connectivity index (χ2n) is 5.47. The number of amides is 1. The summed E-state index contributed by atoms with van der Waals surface area (Å²) < 4.78 is 0. The van der Waals surface area contributed by atoms with Crippen molar-refractivity contribution < 1.29 is 4.79 Å². The number of rotatable bonds is 5. The van der Waals surface area contributed by atoms with E-state index in [0.717, 1.165) is 25.9 Å². The number of hydrogen-bond acceptors (Lipinski definition) is 5. The number of carbonyl (C=O) groups is 1. The van der Waals surface area contributed by atoms with Crippen LogP contribution in [-0.2, 0) is 17.9 Å². The molecule has 1 aromatic heterocycles. The summed E-state index contributed by atoms with van der Waals surface area (Å²) in [5.74, 6) is 0.790. The average Bonchev–Trinajstić information content (AvgIpc) is 3.15. The molecule has 0 aliphatic carbocycles. The van der Waals surface area contributed by atoms with Crippen LogP contribution in [-0.4, -0.2) is 38.6 Å². The third-order valence-corrected chi connectivity index (χ3v) is 3.87. The lowest BCUT2D eigenvalue weighted by molar-refractivity contribution is -0.125. The highest BCUT2D eigenvalue weighted by atomic mass is 16.2. The summed E-state index contributed by atoms with van der Waals surface area (Å²) in [6.07, 6.45) is 1.93. The van der Waals surface area contributed by atoms with Gasteiger partial charge in [-0.3, -0.25) is 14.8 Å². The number of nitrogens with zero attached hydrogens (tertiary/aromatic N) is 3. The van der Waals surface area contributed by atoms with Crippen LogP contribution in [0.2, 0.25) is 0 Å². The molecule has 1 aliphatic heterocycles. The Bertz CT molecular complexity index is 626. The van der Waals surface area contributed by atoms with E-state index in [9.17, 15) is 4.79 Å². The van der Waals surface area contributed by atoms with E-state index in [4.69, 9.17) is 5.73 Å². The predicted octanol–water partition coefficient (Wildman–Crippen LogP) is 0.668. The number of nitrogen functional groups attached to an aromatic ring is 1. The topological polar surface area (TPSA) is 99.9 Å². The van der Waals surface area contributed by atoms with Crippen LogP contribution in [0, 0.1) is 0 Å². The van der Waals surface area contributed by atoms with Gasteiger partial charge in [-0.25, -0.2) is 0 Å².